The van der Waals surface area contributed by atoms with Crippen LogP contribution in [0.5, 0.6) is 11.5 Å². The summed E-state index contributed by atoms with van der Waals surface area (Å²) in [6.07, 6.45) is 0.792. The quantitative estimate of drug-likeness (QED) is 0.201. The average molecular weight is 575 g/mol. The molecule has 3 aromatic rings. The first kappa shape index (κ1) is 27.7. The fourth-order valence-corrected chi connectivity index (χ4v) is 4.99. The SMILES string of the molecule is CCOC(=O)c1c(-c2ccc(OC)cc2)csc1NC(=O)CCCOc1ccc(C(C)(C)C)cc1Br. The van der Waals surface area contributed by atoms with Crippen LogP contribution in [0.1, 0.15) is 56.5 Å². The van der Waals surface area contributed by atoms with Gasteiger partial charge in [0.1, 0.15) is 22.1 Å². The van der Waals surface area contributed by atoms with Gasteiger partial charge in [0, 0.05) is 17.4 Å². The lowest BCUT2D eigenvalue weighted by Crippen LogP contribution is -2.15. The van der Waals surface area contributed by atoms with Crippen molar-refractivity contribution < 1.29 is 23.8 Å². The lowest BCUT2D eigenvalue weighted by Gasteiger charge is -2.20. The lowest BCUT2D eigenvalue weighted by molar-refractivity contribution is -0.116. The molecule has 1 amide bonds. The Hall–Kier alpha value is -2.84. The molecule has 8 heteroatoms. The second-order valence-electron chi connectivity index (χ2n) is 9.20. The summed E-state index contributed by atoms with van der Waals surface area (Å²) in [5.74, 6) is 0.816. The number of rotatable bonds is 10. The Balaban J connectivity index is 1.63. The molecular formula is C28H32BrNO5S. The van der Waals surface area contributed by atoms with E-state index in [1.807, 2.05) is 35.7 Å². The predicted molar refractivity (Wildman–Crippen MR) is 148 cm³/mol. The number of thiophene rings is 1. The van der Waals surface area contributed by atoms with Crippen molar-refractivity contribution >= 4 is 44.1 Å². The normalized spacial score (nSPS) is 11.2. The lowest BCUT2D eigenvalue weighted by atomic mass is 9.87. The highest BCUT2D eigenvalue weighted by atomic mass is 79.9. The van der Waals surface area contributed by atoms with Crippen molar-refractivity contribution in [3.05, 3.63) is 63.4 Å². The Kier molecular flexibility index (Phi) is 9.56. The molecule has 0 aliphatic rings. The van der Waals surface area contributed by atoms with Gasteiger partial charge in [-0.15, -0.1) is 11.3 Å². The summed E-state index contributed by atoms with van der Waals surface area (Å²) in [4.78, 5) is 25.4. The van der Waals surface area contributed by atoms with E-state index in [4.69, 9.17) is 14.2 Å². The number of esters is 1. The summed E-state index contributed by atoms with van der Waals surface area (Å²) in [5.41, 5.74) is 3.18. The van der Waals surface area contributed by atoms with Crippen molar-refractivity contribution in [3.8, 4) is 22.6 Å². The smallest absolute Gasteiger partial charge is 0.341 e. The molecule has 0 saturated heterocycles. The van der Waals surface area contributed by atoms with Gasteiger partial charge in [-0.3, -0.25) is 4.79 Å². The molecule has 0 saturated carbocycles. The number of halogens is 1. The number of anilines is 1. The van der Waals surface area contributed by atoms with Crippen molar-refractivity contribution in [2.45, 2.75) is 46.0 Å². The van der Waals surface area contributed by atoms with Gasteiger partial charge < -0.3 is 19.5 Å². The van der Waals surface area contributed by atoms with E-state index < -0.39 is 5.97 Å². The molecule has 0 fully saturated rings. The number of benzene rings is 2. The van der Waals surface area contributed by atoms with Crippen LogP contribution in [0.2, 0.25) is 0 Å². The third-order valence-electron chi connectivity index (χ3n) is 5.53. The molecular weight excluding hydrogens is 542 g/mol. The molecule has 1 N–H and O–H groups in total. The third kappa shape index (κ3) is 7.11. The Morgan fingerprint density at radius 1 is 1.08 bits per heavy atom. The van der Waals surface area contributed by atoms with Crippen LogP contribution in [0.25, 0.3) is 11.1 Å². The number of hydrogen-bond acceptors (Lipinski definition) is 6. The zero-order chi connectivity index (χ0) is 26.3. The van der Waals surface area contributed by atoms with Gasteiger partial charge in [-0.2, -0.15) is 0 Å². The number of amides is 1. The summed E-state index contributed by atoms with van der Waals surface area (Å²) in [6.45, 7) is 8.88. The van der Waals surface area contributed by atoms with Crippen LogP contribution in [0, 0.1) is 0 Å². The molecule has 1 heterocycles. The Morgan fingerprint density at radius 2 is 1.81 bits per heavy atom. The standard InChI is InChI=1S/C28H32BrNO5S/c1-6-34-27(32)25-21(18-9-12-20(33-5)13-10-18)17-36-26(25)30-24(31)8-7-15-35-23-14-11-19(16-22(23)29)28(2,3)4/h9-14,16-17H,6-8,15H2,1-5H3,(H,30,31). The maximum absolute atomic E-state index is 12.7. The predicted octanol–water partition coefficient (Wildman–Crippen LogP) is 7.46. The van der Waals surface area contributed by atoms with Crippen LogP contribution in [0.3, 0.4) is 0 Å². The highest BCUT2D eigenvalue weighted by Crippen LogP contribution is 2.37. The van der Waals surface area contributed by atoms with Crippen molar-refractivity contribution in [3.63, 3.8) is 0 Å². The largest absolute Gasteiger partial charge is 0.497 e. The average Bonchev–Trinajstić information content (AvgIpc) is 3.25. The van der Waals surface area contributed by atoms with Crippen molar-refractivity contribution in [1.29, 1.82) is 0 Å². The Morgan fingerprint density at radius 3 is 2.42 bits per heavy atom. The van der Waals surface area contributed by atoms with E-state index in [-0.39, 0.29) is 24.3 Å². The minimum absolute atomic E-state index is 0.0522. The van der Waals surface area contributed by atoms with Crippen LogP contribution in [-0.4, -0.2) is 32.2 Å². The van der Waals surface area contributed by atoms with Crippen molar-refractivity contribution in [1.82, 2.24) is 0 Å². The van der Waals surface area contributed by atoms with E-state index in [1.165, 1.54) is 16.9 Å². The van der Waals surface area contributed by atoms with E-state index in [0.717, 1.165) is 21.5 Å². The second kappa shape index (κ2) is 12.4. The van der Waals surface area contributed by atoms with Gasteiger partial charge in [-0.05, 0) is 70.1 Å². The van der Waals surface area contributed by atoms with Gasteiger partial charge in [0.05, 0.1) is 24.8 Å². The molecule has 0 spiro atoms. The highest BCUT2D eigenvalue weighted by molar-refractivity contribution is 9.10. The van der Waals surface area contributed by atoms with Crippen LogP contribution in [0.15, 0.2) is 52.3 Å². The maximum Gasteiger partial charge on any atom is 0.341 e. The number of methoxy groups -OCH3 is 1. The monoisotopic (exact) mass is 573 g/mol. The summed E-state index contributed by atoms with van der Waals surface area (Å²) < 4.78 is 17.3. The number of carbonyl (C=O) groups excluding carboxylic acids is 2. The summed E-state index contributed by atoms with van der Waals surface area (Å²) in [7, 11) is 1.60. The molecule has 6 nitrogen and oxygen atoms in total. The van der Waals surface area contributed by atoms with Crippen LogP contribution in [0.4, 0.5) is 5.00 Å². The van der Waals surface area contributed by atoms with Crippen molar-refractivity contribution in [2.24, 2.45) is 0 Å². The van der Waals surface area contributed by atoms with E-state index in [0.29, 0.717) is 29.2 Å². The molecule has 0 unspecified atom stereocenters. The highest BCUT2D eigenvalue weighted by Gasteiger charge is 2.23. The number of ether oxygens (including phenoxy) is 3. The minimum atomic E-state index is -0.466. The van der Waals surface area contributed by atoms with Gasteiger partial charge in [0.15, 0.2) is 0 Å². The maximum atomic E-state index is 12.7. The van der Waals surface area contributed by atoms with Gasteiger partial charge in [0.2, 0.25) is 5.91 Å². The Bertz CT molecular complexity index is 1200. The van der Waals surface area contributed by atoms with E-state index in [9.17, 15) is 9.59 Å². The molecule has 1 aromatic heterocycles. The number of carbonyl (C=O) groups is 2. The fraction of sp³-hybridized carbons (Fsp3) is 0.357. The molecule has 0 aliphatic heterocycles. The van der Waals surface area contributed by atoms with E-state index in [2.05, 4.69) is 54.2 Å². The number of nitrogens with one attached hydrogen (secondary N) is 1. The minimum Gasteiger partial charge on any atom is -0.497 e. The first-order valence-electron chi connectivity index (χ1n) is 11.8. The zero-order valence-electron chi connectivity index (χ0n) is 21.3. The summed E-state index contributed by atoms with van der Waals surface area (Å²) in [6, 6.07) is 13.5. The molecule has 36 heavy (non-hydrogen) atoms. The summed E-state index contributed by atoms with van der Waals surface area (Å²) in [5, 5.41) is 5.22. The molecule has 0 atom stereocenters. The fourth-order valence-electron chi connectivity index (χ4n) is 3.53. The first-order valence-corrected chi connectivity index (χ1v) is 13.5. The zero-order valence-corrected chi connectivity index (χ0v) is 23.7. The number of hydrogen-bond donors (Lipinski definition) is 1. The van der Waals surface area contributed by atoms with Crippen molar-refractivity contribution in [2.75, 3.05) is 25.6 Å². The second-order valence-corrected chi connectivity index (χ2v) is 10.9. The van der Waals surface area contributed by atoms with E-state index >= 15 is 0 Å². The van der Waals surface area contributed by atoms with Gasteiger partial charge in [0.25, 0.3) is 0 Å². The Labute approximate surface area is 225 Å². The first-order chi connectivity index (χ1) is 17.1. The molecule has 0 aliphatic carbocycles. The van der Waals surface area contributed by atoms with Crippen LogP contribution < -0.4 is 14.8 Å². The van der Waals surface area contributed by atoms with Crippen LogP contribution in [-0.2, 0) is 14.9 Å². The van der Waals surface area contributed by atoms with Crippen LogP contribution >= 0.6 is 27.3 Å². The third-order valence-corrected chi connectivity index (χ3v) is 7.04. The molecule has 0 radical (unpaired) electrons. The topological polar surface area (TPSA) is 73.9 Å². The molecule has 3 rings (SSSR count). The van der Waals surface area contributed by atoms with E-state index in [1.54, 1.807) is 14.0 Å². The van der Waals surface area contributed by atoms with Gasteiger partial charge in [-0.1, -0.05) is 39.0 Å². The molecule has 0 bridgehead atoms. The van der Waals surface area contributed by atoms with Gasteiger partial charge >= 0.3 is 5.97 Å². The molecule has 192 valence electrons. The molecule has 2 aromatic carbocycles. The summed E-state index contributed by atoms with van der Waals surface area (Å²) >= 11 is 4.88. The van der Waals surface area contributed by atoms with Gasteiger partial charge in [-0.25, -0.2) is 4.79 Å².